The molecule has 26 heteroatoms. The molecule has 0 heterocycles. The minimum absolute atomic E-state index is 0.0431. The van der Waals surface area contributed by atoms with E-state index < -0.39 is 127 Å². The Morgan fingerprint density at radius 3 is 1.43 bits per heavy atom. The van der Waals surface area contributed by atoms with E-state index in [1.54, 1.807) is 6.26 Å². The zero-order valence-corrected chi connectivity index (χ0v) is 34.4. The van der Waals surface area contributed by atoms with E-state index in [1.165, 1.54) is 18.7 Å². The van der Waals surface area contributed by atoms with Gasteiger partial charge in [-0.15, -0.1) is 0 Å². The molecule has 19 N–H and O–H groups in total. The van der Waals surface area contributed by atoms with Crippen LogP contribution < -0.4 is 60.2 Å². The lowest BCUT2D eigenvalue weighted by Gasteiger charge is -2.27. The van der Waals surface area contributed by atoms with Crippen molar-refractivity contribution in [2.75, 3.05) is 25.1 Å². The normalized spacial score (nSPS) is 14.3. The molecule has 0 aromatic carbocycles. The van der Waals surface area contributed by atoms with Crippen molar-refractivity contribution in [3.05, 3.63) is 0 Å². The zero-order chi connectivity index (χ0) is 45.9. The number of unbranched alkanes of at least 4 members (excludes halogenated alkanes) is 1. The van der Waals surface area contributed by atoms with Crippen LogP contribution in [-0.2, 0) is 47.9 Å². The van der Waals surface area contributed by atoms with E-state index in [1.807, 2.05) is 0 Å². The summed E-state index contributed by atoms with van der Waals surface area (Å²) in [5, 5.41) is 52.0. The minimum Gasteiger partial charge on any atom is -0.481 e. The van der Waals surface area contributed by atoms with Crippen molar-refractivity contribution in [2.24, 2.45) is 22.9 Å². The number of thioether (sulfide) groups is 1. The molecule has 7 atom stereocenters. The third kappa shape index (κ3) is 23.6. The molecule has 0 aliphatic rings. The van der Waals surface area contributed by atoms with Gasteiger partial charge in [0.05, 0.1) is 12.5 Å². The maximum Gasteiger partial charge on any atom is 0.326 e. The first-order valence-electron chi connectivity index (χ1n) is 18.9. The maximum absolute atomic E-state index is 13.8. The molecule has 0 saturated carbocycles. The highest BCUT2D eigenvalue weighted by molar-refractivity contribution is 7.98. The van der Waals surface area contributed by atoms with Gasteiger partial charge < -0.3 is 75.5 Å². The van der Waals surface area contributed by atoms with Crippen molar-refractivity contribution >= 4 is 77.0 Å². The fraction of sp³-hybridized carbons (Fsp3) is 0.676. The van der Waals surface area contributed by atoms with E-state index in [0.717, 1.165) is 0 Å². The van der Waals surface area contributed by atoms with Crippen LogP contribution in [0.5, 0.6) is 0 Å². The largest absolute Gasteiger partial charge is 0.481 e. The van der Waals surface area contributed by atoms with Gasteiger partial charge in [0, 0.05) is 19.4 Å². The predicted octanol–water partition coefficient (Wildman–Crippen LogP) is -4.92. The lowest BCUT2D eigenvalue weighted by atomic mass is 10.0. The number of carbonyl (C=O) groups excluding carboxylic acids is 7. The monoisotopic (exact) mass is 876 g/mol. The second-order valence-electron chi connectivity index (χ2n) is 13.6. The third-order valence-electron chi connectivity index (χ3n) is 8.44. The molecule has 0 fully saturated rings. The SMILES string of the molecule is CSCC[C@H](NC(=O)[C@H](CCCNC(=N)N)NC(=O)[C@H](CC(=O)O)NC(=O)[C@H](C)N)C(=O)N[C@@H](CCC(N)=O)C(=O)N[C@@H](CCCCN)C(=O)N[C@@H](CCC(=O)O)C(=O)O. The fourth-order valence-corrected chi connectivity index (χ4v) is 5.66. The third-order valence-corrected chi connectivity index (χ3v) is 9.08. The molecular formula is C34H60N12O13S. The molecule has 0 saturated heterocycles. The second-order valence-corrected chi connectivity index (χ2v) is 14.6. The highest BCUT2D eigenvalue weighted by Gasteiger charge is 2.34. The van der Waals surface area contributed by atoms with E-state index in [4.69, 9.17) is 33.5 Å². The van der Waals surface area contributed by atoms with Gasteiger partial charge in [-0.2, -0.15) is 11.8 Å². The first-order chi connectivity index (χ1) is 28.1. The van der Waals surface area contributed by atoms with Crippen molar-refractivity contribution in [1.82, 2.24) is 37.2 Å². The van der Waals surface area contributed by atoms with Gasteiger partial charge in [-0.05, 0) is 76.8 Å². The number of hydrogen-bond donors (Lipinski definition) is 15. The van der Waals surface area contributed by atoms with E-state index >= 15 is 0 Å². The number of amides is 7. The number of primary amides is 1. The van der Waals surface area contributed by atoms with E-state index in [2.05, 4.69) is 37.2 Å². The molecule has 25 nitrogen and oxygen atoms in total. The summed E-state index contributed by atoms with van der Waals surface area (Å²) >= 11 is 1.29. The van der Waals surface area contributed by atoms with Crippen molar-refractivity contribution in [3.8, 4) is 0 Å². The number of rotatable bonds is 32. The van der Waals surface area contributed by atoms with Crippen LogP contribution >= 0.6 is 11.8 Å². The Morgan fingerprint density at radius 1 is 0.583 bits per heavy atom. The zero-order valence-electron chi connectivity index (χ0n) is 33.6. The summed E-state index contributed by atoms with van der Waals surface area (Å²) < 4.78 is 0. The van der Waals surface area contributed by atoms with E-state index in [-0.39, 0.29) is 63.3 Å². The van der Waals surface area contributed by atoms with Gasteiger partial charge in [0.15, 0.2) is 5.96 Å². The molecule has 0 aromatic heterocycles. The van der Waals surface area contributed by atoms with Crippen LogP contribution in [0.2, 0.25) is 0 Å². The number of guanidine groups is 1. The topological polar surface area (TPSA) is 444 Å². The van der Waals surface area contributed by atoms with Crippen LogP contribution in [0.4, 0.5) is 0 Å². The van der Waals surface area contributed by atoms with Crippen LogP contribution in [0.1, 0.15) is 77.6 Å². The smallest absolute Gasteiger partial charge is 0.326 e. The van der Waals surface area contributed by atoms with E-state index in [9.17, 15) is 58.2 Å². The molecule has 0 aliphatic carbocycles. The van der Waals surface area contributed by atoms with Gasteiger partial charge in [0.1, 0.15) is 36.3 Å². The molecule has 7 amide bonds. The molecule has 60 heavy (non-hydrogen) atoms. The Labute approximate surface area is 350 Å². The fourth-order valence-electron chi connectivity index (χ4n) is 5.19. The van der Waals surface area contributed by atoms with Crippen LogP contribution in [0.15, 0.2) is 0 Å². The summed E-state index contributed by atoms with van der Waals surface area (Å²) in [6, 6.07) is -10.2. The predicted molar refractivity (Wildman–Crippen MR) is 215 cm³/mol. The van der Waals surface area contributed by atoms with Crippen molar-refractivity contribution < 1.29 is 63.3 Å². The highest BCUT2D eigenvalue weighted by Crippen LogP contribution is 2.09. The average Bonchev–Trinajstić information content (AvgIpc) is 3.15. The molecule has 0 spiro atoms. The molecule has 0 bridgehead atoms. The summed E-state index contributed by atoms with van der Waals surface area (Å²) in [6.45, 7) is 1.58. The number of carbonyl (C=O) groups is 10. The standard InChI is InChI=1S/C34H60N12O13S/c1-17(36)27(52)46-23(16-26(50)51)32(57)42-19(7-5-14-40-34(38)39)28(53)44-21(12-15-60-2)31(56)43-20(8-10-24(37)47)30(55)41-18(6-3-4-13-35)29(54)45-22(33(58)59)9-11-25(48)49/h17-23H,3-16,35-36H2,1-2H3,(H2,37,47)(H,41,55)(H,42,57)(H,43,56)(H,44,53)(H,45,54)(H,46,52)(H,48,49)(H,50,51)(H,58,59)(H4,38,39,40)/t17-,18-,19-,20-,21-,22-,23-/m0/s1. The summed E-state index contributed by atoms with van der Waals surface area (Å²) in [4.78, 5) is 126. The van der Waals surface area contributed by atoms with Crippen LogP contribution in [0, 0.1) is 5.41 Å². The maximum atomic E-state index is 13.8. The van der Waals surface area contributed by atoms with Gasteiger partial charge in [-0.25, -0.2) is 4.79 Å². The van der Waals surface area contributed by atoms with Crippen molar-refractivity contribution in [2.45, 2.75) is 120 Å². The number of nitrogens with one attached hydrogen (secondary N) is 8. The van der Waals surface area contributed by atoms with Gasteiger partial charge in [0.2, 0.25) is 41.4 Å². The Morgan fingerprint density at radius 2 is 1.02 bits per heavy atom. The van der Waals surface area contributed by atoms with Gasteiger partial charge in [-0.1, -0.05) is 0 Å². The Hall–Kier alpha value is -5.76. The first kappa shape index (κ1) is 54.2. The lowest BCUT2D eigenvalue weighted by Crippen LogP contribution is -2.60. The Kier molecular flexibility index (Phi) is 26.6. The van der Waals surface area contributed by atoms with E-state index in [0.29, 0.717) is 6.42 Å². The molecule has 0 unspecified atom stereocenters. The number of nitrogens with two attached hydrogens (primary N) is 4. The summed E-state index contributed by atoms with van der Waals surface area (Å²) in [7, 11) is 0. The number of hydrogen-bond acceptors (Lipinski definition) is 14. The molecule has 0 aromatic rings. The molecule has 0 radical (unpaired) electrons. The highest BCUT2D eigenvalue weighted by atomic mass is 32.2. The van der Waals surface area contributed by atoms with Gasteiger partial charge in [-0.3, -0.25) is 48.6 Å². The number of carboxylic acid groups (broad SMARTS) is 3. The van der Waals surface area contributed by atoms with Crippen molar-refractivity contribution in [1.29, 1.82) is 5.41 Å². The Bertz CT molecular complexity index is 1520. The second kappa shape index (κ2) is 29.4. The summed E-state index contributed by atoms with van der Waals surface area (Å²) in [5.41, 5.74) is 21.8. The molecule has 0 rings (SSSR count). The van der Waals surface area contributed by atoms with Crippen LogP contribution in [-0.4, -0.2) is 148 Å². The number of aliphatic carboxylic acids is 3. The molecule has 340 valence electrons. The molecular weight excluding hydrogens is 817 g/mol. The average molecular weight is 877 g/mol. The van der Waals surface area contributed by atoms with Gasteiger partial charge in [0.25, 0.3) is 0 Å². The summed E-state index contributed by atoms with van der Waals surface area (Å²) in [6.07, 6.45) is -0.496. The van der Waals surface area contributed by atoms with Crippen molar-refractivity contribution in [3.63, 3.8) is 0 Å². The quantitative estimate of drug-likeness (QED) is 0.0171. The lowest BCUT2D eigenvalue weighted by molar-refractivity contribution is -0.143. The van der Waals surface area contributed by atoms with Crippen LogP contribution in [0.3, 0.4) is 0 Å². The van der Waals surface area contributed by atoms with Gasteiger partial charge >= 0.3 is 17.9 Å². The Balaban J connectivity index is 6.53. The number of carboxylic acids is 3. The summed E-state index contributed by atoms with van der Waals surface area (Å²) in [5.74, 6) is -11.0. The van der Waals surface area contributed by atoms with Crippen LogP contribution in [0.25, 0.3) is 0 Å². The first-order valence-corrected chi connectivity index (χ1v) is 20.3. The molecule has 0 aliphatic heterocycles. The minimum atomic E-state index is -1.66.